The van der Waals surface area contributed by atoms with Crippen molar-refractivity contribution in [3.63, 3.8) is 0 Å². The second kappa shape index (κ2) is 9.95. The molecule has 2 aliphatic rings. The Morgan fingerprint density at radius 2 is 1.94 bits per heavy atom. The lowest BCUT2D eigenvalue weighted by molar-refractivity contribution is -0.136. The number of phenols is 1. The molecule has 8 heteroatoms. The van der Waals surface area contributed by atoms with E-state index in [1.54, 1.807) is 12.1 Å². The lowest BCUT2D eigenvalue weighted by Crippen LogP contribution is -2.49. The molecule has 0 bridgehead atoms. The third-order valence-electron chi connectivity index (χ3n) is 6.71. The van der Waals surface area contributed by atoms with Gasteiger partial charge in [-0.25, -0.2) is 0 Å². The van der Waals surface area contributed by atoms with E-state index in [1.165, 1.54) is 0 Å². The van der Waals surface area contributed by atoms with Crippen LogP contribution in [0.15, 0.2) is 28.8 Å². The summed E-state index contributed by atoms with van der Waals surface area (Å²) in [6.07, 6.45) is 4.12. The molecule has 1 aliphatic heterocycles. The summed E-state index contributed by atoms with van der Waals surface area (Å²) in [7, 11) is 0. The number of hydrogen-bond donors (Lipinski definition) is 3. The number of amides is 2. The van der Waals surface area contributed by atoms with E-state index in [0.29, 0.717) is 44.0 Å². The van der Waals surface area contributed by atoms with Gasteiger partial charge in [-0.2, -0.15) is 0 Å². The van der Waals surface area contributed by atoms with Crippen LogP contribution in [-0.4, -0.2) is 52.7 Å². The van der Waals surface area contributed by atoms with Gasteiger partial charge in [0, 0.05) is 37.7 Å². The zero-order valence-corrected chi connectivity index (χ0v) is 19.4. The Morgan fingerprint density at radius 1 is 1.21 bits per heavy atom. The van der Waals surface area contributed by atoms with Crippen molar-refractivity contribution >= 4 is 11.8 Å². The van der Waals surface area contributed by atoms with E-state index in [9.17, 15) is 14.7 Å². The number of rotatable bonds is 8. The number of nitrogens with two attached hydrogens (primary N) is 1. The number of aromatic hydroxyl groups is 1. The van der Waals surface area contributed by atoms with E-state index < -0.39 is 0 Å². The van der Waals surface area contributed by atoms with Crippen LogP contribution < -0.4 is 11.1 Å². The third kappa shape index (κ3) is 5.55. The van der Waals surface area contributed by atoms with Crippen LogP contribution in [0.25, 0.3) is 0 Å². The maximum absolute atomic E-state index is 13.1. The van der Waals surface area contributed by atoms with Crippen molar-refractivity contribution in [1.29, 1.82) is 0 Å². The van der Waals surface area contributed by atoms with Crippen LogP contribution in [0.1, 0.15) is 78.7 Å². The average molecular weight is 455 g/mol. The van der Waals surface area contributed by atoms with Crippen molar-refractivity contribution in [3.8, 4) is 5.75 Å². The molecular formula is C25H34N4O4. The fourth-order valence-electron chi connectivity index (χ4n) is 4.47. The lowest BCUT2D eigenvalue weighted by Gasteiger charge is -2.34. The molecule has 0 radical (unpaired) electrons. The second-order valence-corrected chi connectivity index (χ2v) is 9.65. The highest BCUT2D eigenvalue weighted by Gasteiger charge is 2.31. The summed E-state index contributed by atoms with van der Waals surface area (Å²) in [5.41, 5.74) is 8.18. The zero-order chi connectivity index (χ0) is 23.5. The van der Waals surface area contributed by atoms with Crippen LogP contribution in [0.3, 0.4) is 0 Å². The summed E-state index contributed by atoms with van der Waals surface area (Å²) in [5, 5.41) is 17.0. The summed E-state index contributed by atoms with van der Waals surface area (Å²) in [4.78, 5) is 27.5. The Morgan fingerprint density at radius 3 is 2.58 bits per heavy atom. The van der Waals surface area contributed by atoms with Gasteiger partial charge in [0.15, 0.2) is 5.69 Å². The summed E-state index contributed by atoms with van der Waals surface area (Å²) in [6, 6.07) is 7.27. The summed E-state index contributed by atoms with van der Waals surface area (Å²) < 4.78 is 5.27. The quantitative estimate of drug-likeness (QED) is 0.564. The summed E-state index contributed by atoms with van der Waals surface area (Å²) in [6.45, 7) is 5.49. The van der Waals surface area contributed by atoms with Gasteiger partial charge in [-0.1, -0.05) is 31.1 Å². The Labute approximate surface area is 194 Å². The van der Waals surface area contributed by atoms with Gasteiger partial charge in [0.1, 0.15) is 11.5 Å². The van der Waals surface area contributed by atoms with Crippen LogP contribution in [-0.2, 0) is 11.2 Å². The van der Waals surface area contributed by atoms with Gasteiger partial charge in [0.05, 0.1) is 5.92 Å². The normalized spacial score (nSPS) is 17.9. The Bertz CT molecular complexity index is 990. The molecule has 1 unspecified atom stereocenters. The largest absolute Gasteiger partial charge is 0.508 e. The third-order valence-corrected chi connectivity index (χ3v) is 6.71. The molecular weight excluding hydrogens is 420 g/mol. The molecule has 8 nitrogen and oxygen atoms in total. The summed E-state index contributed by atoms with van der Waals surface area (Å²) >= 11 is 0. The number of nitrogens with zero attached hydrogens (tertiary/aromatic N) is 2. The van der Waals surface area contributed by atoms with Crippen LogP contribution in [0, 0.1) is 5.92 Å². The molecule has 2 aromatic rings. The maximum Gasteiger partial charge on any atom is 0.273 e. The van der Waals surface area contributed by atoms with Crippen LogP contribution in [0.2, 0.25) is 0 Å². The van der Waals surface area contributed by atoms with Gasteiger partial charge in [0.2, 0.25) is 5.91 Å². The Kier molecular flexibility index (Phi) is 7.02. The standard InChI is InChI=1S/C25H34N4O4/c1-15(2)20-12-16(3-6-22(20)30)11-18(14-26)25(32)29-9-7-19(8-10-29)27-24(31)21-13-23(33-28-21)17-4-5-17/h3,6,12-13,15,17-19,30H,4-5,7-11,14,26H2,1-2H3,(H,27,31). The zero-order valence-electron chi connectivity index (χ0n) is 19.4. The molecule has 33 heavy (non-hydrogen) atoms. The number of phenolic OH excluding ortho intramolecular Hbond substituents is 1. The highest BCUT2D eigenvalue weighted by Crippen LogP contribution is 2.40. The van der Waals surface area contributed by atoms with Gasteiger partial charge in [0.25, 0.3) is 5.91 Å². The molecule has 1 aromatic carbocycles. The van der Waals surface area contributed by atoms with Gasteiger partial charge in [-0.15, -0.1) is 0 Å². The van der Waals surface area contributed by atoms with Gasteiger partial charge < -0.3 is 25.6 Å². The maximum atomic E-state index is 13.1. The molecule has 1 aromatic heterocycles. The number of hydrogen-bond acceptors (Lipinski definition) is 6. The summed E-state index contributed by atoms with van der Waals surface area (Å²) in [5.74, 6) is 1.21. The van der Waals surface area contributed by atoms with Gasteiger partial charge in [-0.3, -0.25) is 9.59 Å². The van der Waals surface area contributed by atoms with Crippen molar-refractivity contribution in [2.45, 2.75) is 63.8 Å². The predicted molar refractivity (Wildman–Crippen MR) is 124 cm³/mol. The highest BCUT2D eigenvalue weighted by atomic mass is 16.5. The monoisotopic (exact) mass is 454 g/mol. The molecule has 1 saturated carbocycles. The molecule has 178 valence electrons. The molecule has 2 amide bonds. The van der Waals surface area contributed by atoms with Gasteiger partial charge in [-0.05, 0) is 55.2 Å². The van der Waals surface area contributed by atoms with E-state index in [0.717, 1.165) is 29.7 Å². The molecule has 4 N–H and O–H groups in total. The van der Waals surface area contributed by atoms with E-state index in [4.69, 9.17) is 10.3 Å². The first-order valence-electron chi connectivity index (χ1n) is 11.9. The number of nitrogens with one attached hydrogen (secondary N) is 1. The van der Waals surface area contributed by atoms with Crippen molar-refractivity contribution in [2.75, 3.05) is 19.6 Å². The van der Waals surface area contributed by atoms with E-state index in [-0.39, 0.29) is 42.0 Å². The van der Waals surface area contributed by atoms with E-state index >= 15 is 0 Å². The molecule has 2 fully saturated rings. The minimum Gasteiger partial charge on any atom is -0.508 e. The first kappa shape index (κ1) is 23.3. The number of carbonyl (C=O) groups is 2. The molecule has 1 atom stereocenters. The fraction of sp³-hybridized carbons (Fsp3) is 0.560. The number of carbonyl (C=O) groups excluding carboxylic acids is 2. The molecule has 1 saturated heterocycles. The van der Waals surface area contributed by atoms with E-state index in [1.807, 2.05) is 30.9 Å². The second-order valence-electron chi connectivity index (χ2n) is 9.65. The van der Waals surface area contributed by atoms with E-state index in [2.05, 4.69) is 10.5 Å². The van der Waals surface area contributed by atoms with Gasteiger partial charge >= 0.3 is 0 Å². The van der Waals surface area contributed by atoms with Crippen molar-refractivity contribution < 1.29 is 19.2 Å². The molecule has 2 heterocycles. The van der Waals surface area contributed by atoms with Crippen molar-refractivity contribution in [2.24, 2.45) is 11.7 Å². The molecule has 0 spiro atoms. The smallest absolute Gasteiger partial charge is 0.273 e. The van der Waals surface area contributed by atoms with Crippen LogP contribution in [0.4, 0.5) is 0 Å². The first-order valence-corrected chi connectivity index (χ1v) is 11.9. The number of benzene rings is 1. The lowest BCUT2D eigenvalue weighted by atomic mass is 9.93. The van der Waals surface area contributed by atoms with Crippen LogP contribution >= 0.6 is 0 Å². The predicted octanol–water partition coefficient (Wildman–Crippen LogP) is 2.92. The first-order chi connectivity index (χ1) is 15.9. The average Bonchev–Trinajstić information content (AvgIpc) is 3.54. The number of aromatic nitrogens is 1. The Hall–Kier alpha value is -2.87. The SMILES string of the molecule is CC(C)c1cc(CC(CN)C(=O)N2CCC(NC(=O)c3cc(C4CC4)on3)CC2)ccc1O. The number of likely N-dealkylation sites (tertiary alicyclic amines) is 1. The Balaban J connectivity index is 1.29. The number of piperidine rings is 1. The minimum atomic E-state index is -0.309. The van der Waals surface area contributed by atoms with Crippen molar-refractivity contribution in [3.05, 3.63) is 46.8 Å². The van der Waals surface area contributed by atoms with Crippen LogP contribution in [0.5, 0.6) is 5.75 Å². The highest BCUT2D eigenvalue weighted by molar-refractivity contribution is 5.92. The molecule has 1 aliphatic carbocycles. The van der Waals surface area contributed by atoms with Crippen molar-refractivity contribution in [1.82, 2.24) is 15.4 Å². The fourth-order valence-corrected chi connectivity index (χ4v) is 4.47. The topological polar surface area (TPSA) is 122 Å². The minimum absolute atomic E-state index is 0.00431. The molecule has 4 rings (SSSR count).